The van der Waals surface area contributed by atoms with Crippen LogP contribution in [0.3, 0.4) is 0 Å². The summed E-state index contributed by atoms with van der Waals surface area (Å²) in [5, 5.41) is 7.08. The first-order valence-corrected chi connectivity index (χ1v) is 9.91. The number of halogens is 2. The summed E-state index contributed by atoms with van der Waals surface area (Å²) in [6.07, 6.45) is 0.394. The Hall–Kier alpha value is -3.46. The average Bonchev–Trinajstić information content (AvgIpc) is 3.34. The normalized spacial score (nSPS) is 10.9. The maximum atomic E-state index is 13.1. The van der Waals surface area contributed by atoms with E-state index in [1.807, 2.05) is 6.92 Å². The van der Waals surface area contributed by atoms with Gasteiger partial charge in [0.2, 0.25) is 17.6 Å². The number of aromatic nitrogens is 3. The molecule has 0 saturated carbocycles. The number of nitrogens with one attached hydrogen (secondary N) is 1. The van der Waals surface area contributed by atoms with Gasteiger partial charge >= 0.3 is 0 Å². The van der Waals surface area contributed by atoms with Gasteiger partial charge < -0.3 is 9.84 Å². The summed E-state index contributed by atoms with van der Waals surface area (Å²) in [7, 11) is 0. The summed E-state index contributed by atoms with van der Waals surface area (Å²) in [6.45, 7) is 1.89. The minimum atomic E-state index is -0.348. The van der Waals surface area contributed by atoms with Crippen LogP contribution in [-0.4, -0.2) is 21.0 Å². The first kappa shape index (κ1) is 19.8. The molecule has 0 aliphatic carbocycles. The molecule has 30 heavy (non-hydrogen) atoms. The number of carbonyl (C=O) groups is 1. The number of carbonyl (C=O) groups excluding carboxylic acids is 1. The molecule has 9 heteroatoms. The molecular formula is C21H16F2N4O2S. The number of hydrogen-bond acceptors (Lipinski definition) is 6. The number of benzene rings is 2. The zero-order chi connectivity index (χ0) is 21.1. The Morgan fingerprint density at radius 1 is 1.00 bits per heavy atom. The lowest BCUT2D eigenvalue weighted by Gasteiger charge is -2.00. The third kappa shape index (κ3) is 4.57. The summed E-state index contributed by atoms with van der Waals surface area (Å²) < 4.78 is 31.3. The van der Waals surface area contributed by atoms with E-state index in [-0.39, 0.29) is 30.4 Å². The van der Waals surface area contributed by atoms with Crippen molar-refractivity contribution < 1.29 is 18.1 Å². The Labute approximate surface area is 174 Å². The number of nitrogens with zero attached hydrogens (tertiary/aromatic N) is 3. The van der Waals surface area contributed by atoms with Crippen molar-refractivity contribution in [3.63, 3.8) is 0 Å². The molecule has 0 radical (unpaired) electrons. The van der Waals surface area contributed by atoms with Crippen LogP contribution in [0.5, 0.6) is 0 Å². The SMILES string of the molecule is Cc1sc(NC(=O)CCc2nc(-c3ccc(F)cc3)no2)nc1-c1ccc(F)cc1. The molecule has 2 aromatic heterocycles. The molecule has 0 saturated heterocycles. The molecule has 1 N–H and O–H groups in total. The van der Waals surface area contributed by atoms with Gasteiger partial charge in [0.05, 0.1) is 5.69 Å². The average molecular weight is 426 g/mol. The van der Waals surface area contributed by atoms with Crippen LogP contribution in [0.25, 0.3) is 22.6 Å². The van der Waals surface area contributed by atoms with Gasteiger partial charge in [0, 0.05) is 28.8 Å². The molecule has 0 fully saturated rings. The summed E-state index contributed by atoms with van der Waals surface area (Å²) in [5.74, 6) is -0.254. The van der Waals surface area contributed by atoms with E-state index in [9.17, 15) is 13.6 Å². The lowest BCUT2D eigenvalue weighted by Crippen LogP contribution is -2.12. The van der Waals surface area contributed by atoms with Gasteiger partial charge in [-0.2, -0.15) is 4.98 Å². The van der Waals surface area contributed by atoms with Gasteiger partial charge in [-0.3, -0.25) is 4.79 Å². The van der Waals surface area contributed by atoms with Crippen LogP contribution in [-0.2, 0) is 11.2 Å². The maximum absolute atomic E-state index is 13.1. The standard InChI is InChI=1S/C21H16F2N4O2S/c1-12-19(13-2-6-15(22)7-3-13)26-21(30-12)24-17(28)10-11-18-25-20(27-29-18)14-4-8-16(23)9-5-14/h2-9H,10-11H2,1H3,(H,24,26,28). The molecular weight excluding hydrogens is 410 g/mol. The summed E-state index contributed by atoms with van der Waals surface area (Å²) >= 11 is 1.35. The zero-order valence-corrected chi connectivity index (χ0v) is 16.7. The molecule has 2 heterocycles. The van der Waals surface area contributed by atoms with Gasteiger partial charge in [-0.05, 0) is 55.5 Å². The van der Waals surface area contributed by atoms with Crippen molar-refractivity contribution in [1.29, 1.82) is 0 Å². The van der Waals surface area contributed by atoms with E-state index in [1.165, 1.54) is 35.6 Å². The fourth-order valence-corrected chi connectivity index (χ4v) is 3.65. The number of anilines is 1. The molecule has 1 amide bonds. The molecule has 0 atom stereocenters. The third-order valence-electron chi connectivity index (χ3n) is 4.30. The van der Waals surface area contributed by atoms with Crippen molar-refractivity contribution in [2.75, 3.05) is 5.32 Å². The van der Waals surface area contributed by atoms with E-state index >= 15 is 0 Å². The number of amides is 1. The summed E-state index contributed by atoms with van der Waals surface area (Å²) in [5.41, 5.74) is 2.11. The number of rotatable bonds is 6. The number of aryl methyl sites for hydroxylation is 2. The second kappa shape index (κ2) is 8.50. The van der Waals surface area contributed by atoms with Crippen molar-refractivity contribution in [3.05, 3.63) is 70.9 Å². The lowest BCUT2D eigenvalue weighted by atomic mass is 10.1. The first-order valence-electron chi connectivity index (χ1n) is 9.09. The molecule has 0 unspecified atom stereocenters. The Kier molecular flexibility index (Phi) is 5.62. The predicted molar refractivity (Wildman–Crippen MR) is 109 cm³/mol. The van der Waals surface area contributed by atoms with Crippen molar-refractivity contribution >= 4 is 22.4 Å². The van der Waals surface area contributed by atoms with E-state index in [0.717, 1.165) is 10.4 Å². The fourth-order valence-electron chi connectivity index (χ4n) is 2.80. The number of thiazole rings is 1. The van der Waals surface area contributed by atoms with Crippen molar-refractivity contribution in [3.8, 4) is 22.6 Å². The van der Waals surface area contributed by atoms with E-state index in [0.29, 0.717) is 28.1 Å². The molecule has 4 rings (SSSR count). The van der Waals surface area contributed by atoms with Gasteiger partial charge in [-0.25, -0.2) is 13.8 Å². The number of hydrogen-bond donors (Lipinski definition) is 1. The Morgan fingerprint density at radius 3 is 2.30 bits per heavy atom. The van der Waals surface area contributed by atoms with Crippen LogP contribution in [0.1, 0.15) is 17.2 Å². The maximum Gasteiger partial charge on any atom is 0.227 e. The largest absolute Gasteiger partial charge is 0.339 e. The molecule has 0 bridgehead atoms. The van der Waals surface area contributed by atoms with Gasteiger partial charge in [0.25, 0.3) is 0 Å². The zero-order valence-electron chi connectivity index (χ0n) is 15.9. The lowest BCUT2D eigenvalue weighted by molar-refractivity contribution is -0.116. The second-order valence-corrected chi connectivity index (χ2v) is 7.70. The van der Waals surface area contributed by atoms with Gasteiger partial charge in [0.15, 0.2) is 5.13 Å². The van der Waals surface area contributed by atoms with Crippen LogP contribution in [0.2, 0.25) is 0 Å². The van der Waals surface area contributed by atoms with Gasteiger partial charge in [-0.15, -0.1) is 11.3 Å². The highest BCUT2D eigenvalue weighted by molar-refractivity contribution is 7.16. The highest BCUT2D eigenvalue weighted by atomic mass is 32.1. The molecule has 152 valence electrons. The molecule has 0 spiro atoms. The minimum Gasteiger partial charge on any atom is -0.339 e. The monoisotopic (exact) mass is 426 g/mol. The van der Waals surface area contributed by atoms with E-state index in [4.69, 9.17) is 4.52 Å². The molecule has 6 nitrogen and oxygen atoms in total. The topological polar surface area (TPSA) is 80.9 Å². The summed E-state index contributed by atoms with van der Waals surface area (Å²) in [4.78, 5) is 21.9. The van der Waals surface area contributed by atoms with Crippen LogP contribution in [0.15, 0.2) is 53.1 Å². The third-order valence-corrected chi connectivity index (χ3v) is 5.18. The van der Waals surface area contributed by atoms with Crippen LogP contribution in [0, 0.1) is 18.6 Å². The van der Waals surface area contributed by atoms with Gasteiger partial charge in [-0.1, -0.05) is 5.16 Å². The smallest absolute Gasteiger partial charge is 0.227 e. The van der Waals surface area contributed by atoms with Crippen LogP contribution in [0.4, 0.5) is 13.9 Å². The Bertz CT molecular complexity index is 1170. The minimum absolute atomic E-state index is 0.134. The fraction of sp³-hybridized carbons (Fsp3) is 0.143. The van der Waals surface area contributed by atoms with E-state index < -0.39 is 0 Å². The quantitative estimate of drug-likeness (QED) is 0.468. The molecule has 4 aromatic rings. The predicted octanol–water partition coefficient (Wildman–Crippen LogP) is 5.02. The van der Waals surface area contributed by atoms with Crippen molar-refractivity contribution in [2.45, 2.75) is 19.8 Å². The van der Waals surface area contributed by atoms with Crippen molar-refractivity contribution in [2.24, 2.45) is 0 Å². The summed E-state index contributed by atoms with van der Waals surface area (Å²) in [6, 6.07) is 11.8. The highest BCUT2D eigenvalue weighted by Crippen LogP contribution is 2.30. The van der Waals surface area contributed by atoms with Crippen molar-refractivity contribution in [1.82, 2.24) is 15.1 Å². The van der Waals surface area contributed by atoms with Crippen LogP contribution >= 0.6 is 11.3 Å². The van der Waals surface area contributed by atoms with Crippen LogP contribution < -0.4 is 5.32 Å². The van der Waals surface area contributed by atoms with E-state index in [2.05, 4.69) is 20.4 Å². The van der Waals surface area contributed by atoms with Gasteiger partial charge in [0.1, 0.15) is 11.6 Å². The van der Waals surface area contributed by atoms with E-state index in [1.54, 1.807) is 24.3 Å². The molecule has 2 aromatic carbocycles. The second-order valence-electron chi connectivity index (χ2n) is 6.50. The Morgan fingerprint density at radius 2 is 1.63 bits per heavy atom. The first-order chi connectivity index (χ1) is 14.5. The Balaban J connectivity index is 1.36. The molecule has 0 aliphatic rings. The highest BCUT2D eigenvalue weighted by Gasteiger charge is 2.14. The molecule has 0 aliphatic heterocycles.